The van der Waals surface area contributed by atoms with Gasteiger partial charge in [0.15, 0.2) is 17.3 Å². The fourth-order valence-corrected chi connectivity index (χ4v) is 4.29. The molecule has 1 aromatic heterocycles. The number of amides is 1. The topological polar surface area (TPSA) is 67.8 Å². The summed E-state index contributed by atoms with van der Waals surface area (Å²) in [6, 6.07) is 9.77. The summed E-state index contributed by atoms with van der Waals surface area (Å²) in [7, 11) is 0. The second kappa shape index (κ2) is 7.30. The molecule has 1 aliphatic carbocycles. The fourth-order valence-electron chi connectivity index (χ4n) is 4.29. The van der Waals surface area contributed by atoms with Crippen molar-refractivity contribution in [2.24, 2.45) is 5.92 Å². The second-order valence-electron chi connectivity index (χ2n) is 7.64. The maximum atomic E-state index is 12.6. The van der Waals surface area contributed by atoms with Crippen LogP contribution in [0, 0.1) is 5.92 Å². The average Bonchev–Trinajstić information content (AvgIpc) is 3.45. The van der Waals surface area contributed by atoms with E-state index in [2.05, 4.69) is 15.1 Å². The van der Waals surface area contributed by atoms with Gasteiger partial charge in [-0.25, -0.2) is 0 Å². The number of anilines is 1. The number of aromatic nitrogens is 2. The lowest BCUT2D eigenvalue weighted by Gasteiger charge is -2.36. The molecule has 0 radical (unpaired) electrons. The average molecular weight is 380 g/mol. The highest BCUT2D eigenvalue weighted by Gasteiger charge is 2.29. The fraction of sp³-hybridized carbons (Fsp3) is 0.476. The maximum Gasteiger partial charge on any atom is 0.231 e. The lowest BCUT2D eigenvalue weighted by atomic mass is 10.1. The van der Waals surface area contributed by atoms with Gasteiger partial charge >= 0.3 is 0 Å². The predicted octanol–water partition coefficient (Wildman–Crippen LogP) is 2.71. The van der Waals surface area contributed by atoms with E-state index in [4.69, 9.17) is 9.47 Å². The van der Waals surface area contributed by atoms with Gasteiger partial charge in [0, 0.05) is 37.7 Å². The smallest absolute Gasteiger partial charge is 0.231 e. The van der Waals surface area contributed by atoms with Gasteiger partial charge in [0.1, 0.15) is 0 Å². The summed E-state index contributed by atoms with van der Waals surface area (Å²) < 4.78 is 10.8. The van der Waals surface area contributed by atoms with Crippen LogP contribution in [0.5, 0.6) is 11.5 Å². The third kappa shape index (κ3) is 3.25. The van der Waals surface area contributed by atoms with Crippen molar-refractivity contribution < 1.29 is 14.3 Å². The third-order valence-corrected chi connectivity index (χ3v) is 5.94. The quantitative estimate of drug-likeness (QED) is 0.816. The summed E-state index contributed by atoms with van der Waals surface area (Å²) in [5.41, 5.74) is 1.76. The molecule has 146 valence electrons. The number of hydrogen-bond donors (Lipinski definition) is 0. The van der Waals surface area contributed by atoms with E-state index in [1.54, 1.807) is 0 Å². The van der Waals surface area contributed by atoms with Crippen LogP contribution in [0.25, 0.3) is 11.3 Å². The predicted molar refractivity (Wildman–Crippen MR) is 104 cm³/mol. The molecule has 1 saturated carbocycles. The van der Waals surface area contributed by atoms with E-state index in [-0.39, 0.29) is 12.7 Å². The van der Waals surface area contributed by atoms with Crippen molar-refractivity contribution in [3.63, 3.8) is 0 Å². The Balaban J connectivity index is 1.22. The van der Waals surface area contributed by atoms with Crippen LogP contribution in [0.4, 0.5) is 5.82 Å². The molecule has 5 rings (SSSR count). The van der Waals surface area contributed by atoms with Gasteiger partial charge in [-0.3, -0.25) is 4.79 Å². The number of piperazine rings is 1. The largest absolute Gasteiger partial charge is 0.454 e. The number of benzene rings is 1. The molecule has 0 spiro atoms. The molecule has 2 aliphatic heterocycles. The number of rotatable bonds is 3. The molecule has 2 aromatic rings. The molecule has 0 bridgehead atoms. The Kier molecular flexibility index (Phi) is 4.50. The van der Waals surface area contributed by atoms with Crippen LogP contribution in [0.3, 0.4) is 0 Å². The Labute approximate surface area is 164 Å². The van der Waals surface area contributed by atoms with Crippen LogP contribution in [0.1, 0.15) is 25.7 Å². The summed E-state index contributed by atoms with van der Waals surface area (Å²) in [6.45, 7) is 3.40. The minimum Gasteiger partial charge on any atom is -0.454 e. The molecule has 7 heteroatoms. The number of ether oxygens (including phenoxy) is 2. The van der Waals surface area contributed by atoms with Crippen LogP contribution >= 0.6 is 0 Å². The molecule has 7 nitrogen and oxygen atoms in total. The van der Waals surface area contributed by atoms with Crippen molar-refractivity contribution in [2.75, 3.05) is 37.9 Å². The zero-order valence-corrected chi connectivity index (χ0v) is 15.8. The molecule has 1 amide bonds. The summed E-state index contributed by atoms with van der Waals surface area (Å²) >= 11 is 0. The summed E-state index contributed by atoms with van der Waals surface area (Å²) in [4.78, 5) is 16.8. The first-order chi connectivity index (χ1) is 13.8. The number of nitrogens with zero attached hydrogens (tertiary/aromatic N) is 4. The van der Waals surface area contributed by atoms with Crippen molar-refractivity contribution in [3.8, 4) is 22.8 Å². The second-order valence-corrected chi connectivity index (χ2v) is 7.64. The number of hydrogen-bond acceptors (Lipinski definition) is 6. The number of carbonyl (C=O) groups is 1. The van der Waals surface area contributed by atoms with E-state index in [9.17, 15) is 4.79 Å². The Morgan fingerprint density at radius 1 is 0.929 bits per heavy atom. The van der Waals surface area contributed by atoms with E-state index < -0.39 is 0 Å². The third-order valence-electron chi connectivity index (χ3n) is 5.94. The molecule has 0 N–H and O–H groups in total. The van der Waals surface area contributed by atoms with Crippen LogP contribution in [-0.4, -0.2) is 54.0 Å². The molecular formula is C21H24N4O3. The van der Waals surface area contributed by atoms with Crippen LogP contribution in [-0.2, 0) is 4.79 Å². The molecule has 0 atom stereocenters. The van der Waals surface area contributed by atoms with E-state index in [1.165, 1.54) is 12.8 Å². The highest BCUT2D eigenvalue weighted by Crippen LogP contribution is 2.35. The van der Waals surface area contributed by atoms with Crippen molar-refractivity contribution in [2.45, 2.75) is 25.7 Å². The summed E-state index contributed by atoms with van der Waals surface area (Å²) in [5, 5.41) is 8.82. The summed E-state index contributed by atoms with van der Waals surface area (Å²) in [5.74, 6) is 2.97. The van der Waals surface area contributed by atoms with Gasteiger partial charge in [-0.2, -0.15) is 0 Å². The lowest BCUT2D eigenvalue weighted by Crippen LogP contribution is -2.50. The first-order valence-electron chi connectivity index (χ1n) is 10.1. The molecule has 28 heavy (non-hydrogen) atoms. The minimum absolute atomic E-state index is 0.257. The lowest BCUT2D eigenvalue weighted by molar-refractivity contribution is -0.135. The molecule has 0 unspecified atom stereocenters. The maximum absolute atomic E-state index is 12.6. The highest BCUT2D eigenvalue weighted by molar-refractivity contribution is 5.79. The van der Waals surface area contributed by atoms with Gasteiger partial charge in [0.2, 0.25) is 12.7 Å². The van der Waals surface area contributed by atoms with E-state index in [0.717, 1.165) is 67.6 Å². The van der Waals surface area contributed by atoms with Gasteiger partial charge in [-0.15, -0.1) is 10.2 Å². The van der Waals surface area contributed by atoms with E-state index in [1.807, 2.05) is 35.2 Å². The zero-order chi connectivity index (χ0) is 18.9. The molecule has 3 aliphatic rings. The zero-order valence-electron chi connectivity index (χ0n) is 15.8. The minimum atomic E-state index is 0.257. The molecule has 3 heterocycles. The summed E-state index contributed by atoms with van der Waals surface area (Å²) in [6.07, 6.45) is 4.51. The standard InChI is InChI=1S/C21H24N4O3/c26-21(15-3-1-2-4-15)25-11-9-24(10-12-25)20-8-6-17(22-23-20)16-5-7-18-19(13-16)28-14-27-18/h5-8,13,15H,1-4,9-12,14H2. The highest BCUT2D eigenvalue weighted by atomic mass is 16.7. The molecule has 2 fully saturated rings. The first kappa shape index (κ1) is 17.3. The van der Waals surface area contributed by atoms with Gasteiger partial charge in [0.25, 0.3) is 0 Å². The van der Waals surface area contributed by atoms with E-state index >= 15 is 0 Å². The van der Waals surface area contributed by atoms with Gasteiger partial charge in [-0.05, 0) is 43.2 Å². The van der Waals surface area contributed by atoms with Crippen molar-refractivity contribution >= 4 is 11.7 Å². The van der Waals surface area contributed by atoms with Crippen LogP contribution < -0.4 is 14.4 Å². The Morgan fingerprint density at radius 2 is 1.71 bits per heavy atom. The monoisotopic (exact) mass is 380 g/mol. The molecule has 1 saturated heterocycles. The van der Waals surface area contributed by atoms with Gasteiger partial charge < -0.3 is 19.3 Å². The Morgan fingerprint density at radius 3 is 2.46 bits per heavy atom. The van der Waals surface area contributed by atoms with Crippen LogP contribution in [0.2, 0.25) is 0 Å². The first-order valence-corrected chi connectivity index (χ1v) is 10.1. The van der Waals surface area contributed by atoms with E-state index in [0.29, 0.717) is 5.91 Å². The normalized spacial score (nSPS) is 19.3. The Bertz CT molecular complexity index is 856. The van der Waals surface area contributed by atoms with Crippen molar-refractivity contribution in [1.82, 2.24) is 15.1 Å². The Hall–Kier alpha value is -2.83. The SMILES string of the molecule is O=C(C1CCCC1)N1CCN(c2ccc(-c3ccc4c(c3)OCO4)nn2)CC1. The van der Waals surface area contributed by atoms with Crippen LogP contribution in [0.15, 0.2) is 30.3 Å². The number of fused-ring (bicyclic) bond motifs is 1. The molecular weight excluding hydrogens is 356 g/mol. The number of carbonyl (C=O) groups excluding carboxylic acids is 1. The molecule has 1 aromatic carbocycles. The van der Waals surface area contributed by atoms with Crippen molar-refractivity contribution in [1.29, 1.82) is 0 Å². The van der Waals surface area contributed by atoms with Crippen molar-refractivity contribution in [3.05, 3.63) is 30.3 Å². The van der Waals surface area contributed by atoms with Gasteiger partial charge in [-0.1, -0.05) is 12.8 Å². The van der Waals surface area contributed by atoms with Gasteiger partial charge in [0.05, 0.1) is 5.69 Å².